The van der Waals surface area contributed by atoms with Crippen LogP contribution >= 0.6 is 35.3 Å². The molecule has 2 aromatic heterocycles. The van der Waals surface area contributed by atoms with Gasteiger partial charge in [0.15, 0.2) is 5.96 Å². The van der Waals surface area contributed by atoms with E-state index < -0.39 is 0 Å². The molecule has 3 rings (SSSR count). The Morgan fingerprint density at radius 1 is 1.26 bits per heavy atom. The standard InChI is InChI=1S/C19H24N6S.HI/c1-4-20-19(22-11-17-14(2)23-13-26-17)25(3)12-18-21-10-16(24-18)15-8-6-5-7-9-15;/h5-10,13H,4,11-12H2,1-3H3,(H,20,22)(H,21,24);1H. The number of aromatic nitrogens is 3. The first-order valence-electron chi connectivity index (χ1n) is 8.65. The zero-order valence-corrected chi connectivity index (χ0v) is 18.9. The van der Waals surface area contributed by atoms with Crippen molar-refractivity contribution in [1.82, 2.24) is 25.2 Å². The van der Waals surface area contributed by atoms with Crippen molar-refractivity contribution in [3.63, 3.8) is 0 Å². The summed E-state index contributed by atoms with van der Waals surface area (Å²) in [6, 6.07) is 10.2. The van der Waals surface area contributed by atoms with Gasteiger partial charge in [-0.1, -0.05) is 30.3 Å². The highest BCUT2D eigenvalue weighted by Gasteiger charge is 2.10. The Hall–Kier alpha value is -1.94. The van der Waals surface area contributed by atoms with Crippen molar-refractivity contribution in [3.05, 3.63) is 58.4 Å². The molecule has 0 spiro atoms. The van der Waals surface area contributed by atoms with Crippen LogP contribution in [0.15, 0.2) is 47.0 Å². The SMILES string of the molecule is CCNC(=NCc1scnc1C)N(C)Cc1ncc(-c2ccccc2)[nH]1.I. The number of benzene rings is 1. The molecular formula is C19H25IN6S. The third kappa shape index (κ3) is 5.77. The minimum Gasteiger partial charge on any atom is -0.357 e. The minimum absolute atomic E-state index is 0. The minimum atomic E-state index is 0. The summed E-state index contributed by atoms with van der Waals surface area (Å²) in [5.74, 6) is 1.77. The van der Waals surface area contributed by atoms with E-state index in [4.69, 9.17) is 4.99 Å². The number of thiazole rings is 1. The Morgan fingerprint density at radius 2 is 2.04 bits per heavy atom. The van der Waals surface area contributed by atoms with Crippen LogP contribution in [0.2, 0.25) is 0 Å². The number of hydrogen-bond acceptors (Lipinski definition) is 4. The molecule has 0 radical (unpaired) electrons. The molecule has 0 aliphatic heterocycles. The van der Waals surface area contributed by atoms with Crippen LogP contribution in [-0.4, -0.2) is 39.4 Å². The van der Waals surface area contributed by atoms with E-state index >= 15 is 0 Å². The molecule has 0 atom stereocenters. The lowest BCUT2D eigenvalue weighted by atomic mass is 10.2. The number of hydrogen-bond donors (Lipinski definition) is 2. The molecular weight excluding hydrogens is 471 g/mol. The topological polar surface area (TPSA) is 69.2 Å². The second-order valence-corrected chi connectivity index (χ2v) is 6.94. The average molecular weight is 496 g/mol. The number of rotatable bonds is 6. The highest BCUT2D eigenvalue weighted by Crippen LogP contribution is 2.17. The Balaban J connectivity index is 0.00000261. The monoisotopic (exact) mass is 496 g/mol. The van der Waals surface area contributed by atoms with Crippen LogP contribution in [0, 0.1) is 6.92 Å². The fourth-order valence-corrected chi connectivity index (χ4v) is 3.30. The van der Waals surface area contributed by atoms with Gasteiger partial charge in [0.1, 0.15) is 5.82 Å². The van der Waals surface area contributed by atoms with E-state index in [9.17, 15) is 0 Å². The quantitative estimate of drug-likeness (QED) is 0.307. The lowest BCUT2D eigenvalue weighted by molar-refractivity contribution is 0.464. The normalized spacial score (nSPS) is 11.1. The van der Waals surface area contributed by atoms with Crippen LogP contribution in [-0.2, 0) is 13.1 Å². The predicted octanol–water partition coefficient (Wildman–Crippen LogP) is 4.06. The second-order valence-electron chi connectivity index (χ2n) is 6.00. The summed E-state index contributed by atoms with van der Waals surface area (Å²) >= 11 is 1.64. The van der Waals surface area contributed by atoms with Crippen molar-refractivity contribution in [3.8, 4) is 11.3 Å². The zero-order valence-electron chi connectivity index (χ0n) is 15.8. The summed E-state index contributed by atoms with van der Waals surface area (Å²) in [4.78, 5) is 20.2. The van der Waals surface area contributed by atoms with E-state index in [1.807, 2.05) is 43.9 Å². The molecule has 0 saturated carbocycles. The third-order valence-corrected chi connectivity index (χ3v) is 4.93. The molecule has 2 heterocycles. The largest absolute Gasteiger partial charge is 0.357 e. The molecule has 0 bridgehead atoms. The average Bonchev–Trinajstić information content (AvgIpc) is 3.28. The van der Waals surface area contributed by atoms with Gasteiger partial charge in [-0.15, -0.1) is 35.3 Å². The van der Waals surface area contributed by atoms with Crippen molar-refractivity contribution in [2.45, 2.75) is 26.9 Å². The van der Waals surface area contributed by atoms with Crippen LogP contribution in [0.1, 0.15) is 23.3 Å². The molecule has 3 aromatic rings. The predicted molar refractivity (Wildman–Crippen MR) is 123 cm³/mol. The lowest BCUT2D eigenvalue weighted by Gasteiger charge is -2.21. The van der Waals surface area contributed by atoms with Gasteiger partial charge in [0, 0.05) is 18.5 Å². The number of H-pyrrole nitrogens is 1. The first-order valence-corrected chi connectivity index (χ1v) is 9.53. The molecule has 6 nitrogen and oxygen atoms in total. The van der Waals surface area contributed by atoms with E-state index in [1.165, 1.54) is 4.88 Å². The third-order valence-electron chi connectivity index (χ3n) is 4.01. The number of imidazole rings is 1. The molecule has 1 aromatic carbocycles. The fourth-order valence-electron chi connectivity index (χ4n) is 2.60. The number of aryl methyl sites for hydroxylation is 1. The van der Waals surface area contributed by atoms with E-state index in [2.05, 4.69) is 44.2 Å². The maximum atomic E-state index is 4.74. The number of nitrogens with zero attached hydrogens (tertiary/aromatic N) is 4. The summed E-state index contributed by atoms with van der Waals surface area (Å²) in [6.07, 6.45) is 1.88. The number of nitrogens with one attached hydrogen (secondary N) is 2. The second kappa shape index (κ2) is 10.4. The fraction of sp³-hybridized carbons (Fsp3) is 0.316. The van der Waals surface area contributed by atoms with Gasteiger partial charge < -0.3 is 15.2 Å². The summed E-state index contributed by atoms with van der Waals surface area (Å²) in [6.45, 7) is 6.20. The van der Waals surface area contributed by atoms with Gasteiger partial charge in [-0.25, -0.2) is 15.0 Å². The Bertz CT molecular complexity index is 858. The Labute approximate surface area is 181 Å². The Kier molecular flexibility index (Phi) is 8.23. The highest BCUT2D eigenvalue weighted by molar-refractivity contribution is 14.0. The number of halogens is 1. The van der Waals surface area contributed by atoms with Crippen molar-refractivity contribution >= 4 is 41.3 Å². The van der Waals surface area contributed by atoms with Gasteiger partial charge in [-0.3, -0.25) is 0 Å². The first-order chi connectivity index (χ1) is 12.7. The molecule has 8 heteroatoms. The smallest absolute Gasteiger partial charge is 0.194 e. The maximum absolute atomic E-state index is 4.74. The molecule has 0 aliphatic carbocycles. The van der Waals surface area contributed by atoms with Crippen molar-refractivity contribution in [2.75, 3.05) is 13.6 Å². The molecule has 0 fully saturated rings. The van der Waals surface area contributed by atoms with E-state index in [1.54, 1.807) is 11.3 Å². The summed E-state index contributed by atoms with van der Waals surface area (Å²) < 4.78 is 0. The van der Waals surface area contributed by atoms with Crippen LogP contribution in [0.25, 0.3) is 11.3 Å². The maximum Gasteiger partial charge on any atom is 0.194 e. The van der Waals surface area contributed by atoms with Gasteiger partial charge in [0.05, 0.1) is 36.2 Å². The molecule has 0 saturated heterocycles. The van der Waals surface area contributed by atoms with Gasteiger partial charge in [0.25, 0.3) is 0 Å². The Morgan fingerprint density at radius 3 is 2.70 bits per heavy atom. The summed E-state index contributed by atoms with van der Waals surface area (Å²) in [5.41, 5.74) is 5.08. The number of aliphatic imine (C=N–C) groups is 1. The van der Waals surface area contributed by atoms with Gasteiger partial charge in [0.2, 0.25) is 0 Å². The van der Waals surface area contributed by atoms with Gasteiger partial charge in [-0.05, 0) is 19.4 Å². The van der Waals surface area contributed by atoms with Crippen molar-refractivity contribution < 1.29 is 0 Å². The van der Waals surface area contributed by atoms with Crippen molar-refractivity contribution in [1.29, 1.82) is 0 Å². The van der Waals surface area contributed by atoms with Crippen LogP contribution < -0.4 is 5.32 Å². The number of aromatic amines is 1. The van der Waals surface area contributed by atoms with Gasteiger partial charge >= 0.3 is 0 Å². The summed E-state index contributed by atoms with van der Waals surface area (Å²) in [5, 5.41) is 3.34. The number of guanidine groups is 1. The van der Waals surface area contributed by atoms with Crippen LogP contribution in [0.5, 0.6) is 0 Å². The summed E-state index contributed by atoms with van der Waals surface area (Å²) in [7, 11) is 2.02. The lowest BCUT2D eigenvalue weighted by Crippen LogP contribution is -2.38. The van der Waals surface area contributed by atoms with Gasteiger partial charge in [-0.2, -0.15) is 0 Å². The molecule has 0 amide bonds. The van der Waals surface area contributed by atoms with E-state index in [0.29, 0.717) is 13.1 Å². The molecule has 0 aliphatic rings. The van der Waals surface area contributed by atoms with Crippen molar-refractivity contribution in [2.24, 2.45) is 4.99 Å². The first kappa shape index (κ1) is 21.4. The molecule has 144 valence electrons. The molecule has 0 unspecified atom stereocenters. The zero-order chi connectivity index (χ0) is 18.4. The molecule has 2 N–H and O–H groups in total. The van der Waals surface area contributed by atoms with E-state index in [-0.39, 0.29) is 24.0 Å². The molecule has 27 heavy (non-hydrogen) atoms. The van der Waals surface area contributed by atoms with Crippen LogP contribution in [0.3, 0.4) is 0 Å². The highest BCUT2D eigenvalue weighted by atomic mass is 127. The van der Waals surface area contributed by atoms with E-state index in [0.717, 1.165) is 35.3 Å². The van der Waals surface area contributed by atoms with Crippen LogP contribution in [0.4, 0.5) is 0 Å².